The minimum absolute atomic E-state index is 0.350. The van der Waals surface area contributed by atoms with E-state index in [0.29, 0.717) is 11.9 Å². The van der Waals surface area contributed by atoms with Crippen LogP contribution in [0.15, 0.2) is 0 Å². The number of nitrogens with zero attached hydrogens (tertiary/aromatic N) is 1. The third-order valence-electron chi connectivity index (χ3n) is 3.83. The zero-order valence-electron chi connectivity index (χ0n) is 12.2. The van der Waals surface area contributed by atoms with Gasteiger partial charge in [0.25, 0.3) is 0 Å². The van der Waals surface area contributed by atoms with Crippen LogP contribution in [0.4, 0.5) is 0 Å². The predicted molar refractivity (Wildman–Crippen MR) is 76.7 cm³/mol. The number of carbonyl (C=O) groups excluding carboxylic acids is 1. The number of amides is 1. The Morgan fingerprint density at radius 1 is 1.22 bits per heavy atom. The van der Waals surface area contributed by atoms with Crippen LogP contribution in [0, 0.1) is 0 Å². The fourth-order valence-electron chi connectivity index (χ4n) is 2.62. The molecule has 0 radical (unpaired) electrons. The zero-order valence-corrected chi connectivity index (χ0v) is 12.2. The van der Waals surface area contributed by atoms with E-state index in [4.69, 9.17) is 0 Å². The van der Waals surface area contributed by atoms with Crippen LogP contribution in [0.2, 0.25) is 0 Å². The summed E-state index contributed by atoms with van der Waals surface area (Å²) in [6.07, 6.45) is 9.34. The minimum atomic E-state index is 0.350. The van der Waals surface area contributed by atoms with E-state index in [1.807, 2.05) is 4.90 Å². The predicted octanol–water partition coefficient (Wildman–Crippen LogP) is 2.95. The lowest BCUT2D eigenvalue weighted by Gasteiger charge is -2.24. The lowest BCUT2D eigenvalue weighted by Crippen LogP contribution is -2.40. The molecule has 18 heavy (non-hydrogen) atoms. The first-order valence-electron chi connectivity index (χ1n) is 7.79. The molecule has 106 valence electrons. The van der Waals surface area contributed by atoms with Crippen LogP contribution >= 0.6 is 0 Å². The van der Waals surface area contributed by atoms with Crippen LogP contribution in [0.5, 0.6) is 0 Å². The molecule has 0 aromatic heterocycles. The van der Waals surface area contributed by atoms with E-state index < -0.39 is 0 Å². The smallest absolute Gasteiger partial charge is 0.222 e. The summed E-state index contributed by atoms with van der Waals surface area (Å²) in [5, 5.41) is 3.47. The molecule has 1 aliphatic heterocycles. The van der Waals surface area contributed by atoms with Crippen molar-refractivity contribution in [3.05, 3.63) is 0 Å². The molecule has 0 aliphatic carbocycles. The molecule has 0 saturated carbocycles. The highest BCUT2D eigenvalue weighted by molar-refractivity contribution is 5.76. The van der Waals surface area contributed by atoms with Crippen molar-refractivity contribution in [3.8, 4) is 0 Å². The molecule has 0 spiro atoms. The number of nitrogens with one attached hydrogen (secondary N) is 1. The number of likely N-dealkylation sites (N-methyl/N-ethyl adjacent to an activating group) is 1. The van der Waals surface area contributed by atoms with Crippen LogP contribution in [0.1, 0.15) is 65.2 Å². The van der Waals surface area contributed by atoms with E-state index in [2.05, 4.69) is 19.2 Å². The third-order valence-corrected chi connectivity index (χ3v) is 3.83. The summed E-state index contributed by atoms with van der Waals surface area (Å²) >= 11 is 0. The third kappa shape index (κ3) is 5.85. The molecule has 1 N–H and O–H groups in total. The summed E-state index contributed by atoms with van der Waals surface area (Å²) < 4.78 is 0. The molecule has 0 aromatic carbocycles. The molecule has 1 aliphatic rings. The largest absolute Gasteiger partial charge is 0.341 e. The van der Waals surface area contributed by atoms with Gasteiger partial charge in [-0.2, -0.15) is 0 Å². The average molecular weight is 254 g/mol. The second kappa shape index (κ2) is 9.37. The van der Waals surface area contributed by atoms with Gasteiger partial charge in [-0.05, 0) is 32.7 Å². The van der Waals surface area contributed by atoms with Crippen molar-refractivity contribution in [2.24, 2.45) is 0 Å². The molecule has 1 atom stereocenters. The van der Waals surface area contributed by atoms with Gasteiger partial charge in [-0.15, -0.1) is 0 Å². The number of carbonyl (C=O) groups is 1. The van der Waals surface area contributed by atoms with Gasteiger partial charge >= 0.3 is 0 Å². The molecule has 1 rings (SSSR count). The highest BCUT2D eigenvalue weighted by Gasteiger charge is 2.19. The second-order valence-electron chi connectivity index (χ2n) is 5.39. The molecule has 3 nitrogen and oxygen atoms in total. The average Bonchev–Trinajstić information content (AvgIpc) is 2.88. The maximum absolute atomic E-state index is 12.1. The van der Waals surface area contributed by atoms with Crippen molar-refractivity contribution < 1.29 is 4.79 Å². The topological polar surface area (TPSA) is 32.3 Å². The maximum atomic E-state index is 12.1. The van der Waals surface area contributed by atoms with Crippen LogP contribution in [0.3, 0.4) is 0 Å². The Balaban J connectivity index is 2.15. The SMILES string of the molecule is CCCCCCCC(=O)N(CC)CC1CCCN1. The van der Waals surface area contributed by atoms with Gasteiger partial charge in [-0.25, -0.2) is 0 Å². The molecular formula is C15H30N2O. The molecule has 1 saturated heterocycles. The van der Waals surface area contributed by atoms with Crippen molar-refractivity contribution in [2.75, 3.05) is 19.6 Å². The summed E-state index contributed by atoms with van der Waals surface area (Å²) in [6.45, 7) is 7.19. The first-order valence-corrected chi connectivity index (χ1v) is 7.79. The normalized spacial score (nSPS) is 19.1. The summed E-state index contributed by atoms with van der Waals surface area (Å²) in [7, 11) is 0. The van der Waals surface area contributed by atoms with Gasteiger partial charge < -0.3 is 10.2 Å². The van der Waals surface area contributed by atoms with Gasteiger partial charge in [-0.1, -0.05) is 32.6 Å². The summed E-state index contributed by atoms with van der Waals surface area (Å²) in [5.41, 5.74) is 0. The van der Waals surface area contributed by atoms with Crippen LogP contribution in [0.25, 0.3) is 0 Å². The summed E-state index contributed by atoms with van der Waals surface area (Å²) in [4.78, 5) is 14.1. The van der Waals surface area contributed by atoms with E-state index >= 15 is 0 Å². The Kier molecular flexibility index (Phi) is 8.06. The Bertz CT molecular complexity index is 225. The Morgan fingerprint density at radius 3 is 2.61 bits per heavy atom. The lowest BCUT2D eigenvalue weighted by molar-refractivity contribution is -0.131. The van der Waals surface area contributed by atoms with Gasteiger partial charge in [0.2, 0.25) is 5.91 Å². The van der Waals surface area contributed by atoms with Crippen molar-refractivity contribution in [2.45, 2.75) is 71.3 Å². The Hall–Kier alpha value is -0.570. The van der Waals surface area contributed by atoms with E-state index in [-0.39, 0.29) is 0 Å². The Morgan fingerprint density at radius 2 is 2.00 bits per heavy atom. The highest BCUT2D eigenvalue weighted by Crippen LogP contribution is 2.10. The van der Waals surface area contributed by atoms with E-state index in [0.717, 1.165) is 32.5 Å². The first-order chi connectivity index (χ1) is 8.77. The highest BCUT2D eigenvalue weighted by atomic mass is 16.2. The van der Waals surface area contributed by atoms with Gasteiger partial charge in [0.1, 0.15) is 0 Å². The molecule has 1 fully saturated rings. The quantitative estimate of drug-likeness (QED) is 0.642. The van der Waals surface area contributed by atoms with Crippen LogP contribution in [-0.2, 0) is 4.79 Å². The fraction of sp³-hybridized carbons (Fsp3) is 0.933. The Labute approximate surface area is 112 Å². The number of hydrogen-bond acceptors (Lipinski definition) is 2. The number of unbranched alkanes of at least 4 members (excludes halogenated alkanes) is 4. The molecule has 0 bridgehead atoms. The van der Waals surface area contributed by atoms with Gasteiger partial charge in [0.05, 0.1) is 0 Å². The summed E-state index contributed by atoms with van der Waals surface area (Å²) in [5.74, 6) is 0.350. The zero-order chi connectivity index (χ0) is 13.2. The molecule has 0 aromatic rings. The molecular weight excluding hydrogens is 224 g/mol. The van der Waals surface area contributed by atoms with Crippen molar-refractivity contribution in [1.82, 2.24) is 10.2 Å². The van der Waals surface area contributed by atoms with E-state index in [9.17, 15) is 4.79 Å². The summed E-state index contributed by atoms with van der Waals surface area (Å²) in [6, 6.07) is 0.536. The van der Waals surface area contributed by atoms with Crippen molar-refractivity contribution in [1.29, 1.82) is 0 Å². The van der Waals surface area contributed by atoms with Crippen LogP contribution < -0.4 is 5.32 Å². The fourth-order valence-corrected chi connectivity index (χ4v) is 2.62. The standard InChI is InChI=1S/C15H30N2O/c1-3-5-6-7-8-11-15(18)17(4-2)13-14-10-9-12-16-14/h14,16H,3-13H2,1-2H3. The molecule has 1 heterocycles. The van der Waals surface area contributed by atoms with E-state index in [1.54, 1.807) is 0 Å². The first kappa shape index (κ1) is 15.5. The molecule has 1 amide bonds. The number of hydrogen-bond donors (Lipinski definition) is 1. The van der Waals surface area contributed by atoms with Crippen LogP contribution in [-0.4, -0.2) is 36.5 Å². The monoisotopic (exact) mass is 254 g/mol. The minimum Gasteiger partial charge on any atom is -0.341 e. The molecule has 3 heteroatoms. The van der Waals surface area contributed by atoms with Crippen molar-refractivity contribution >= 4 is 5.91 Å². The number of rotatable bonds is 9. The second-order valence-corrected chi connectivity index (χ2v) is 5.39. The van der Waals surface area contributed by atoms with Gasteiger partial charge in [-0.3, -0.25) is 4.79 Å². The molecule has 1 unspecified atom stereocenters. The maximum Gasteiger partial charge on any atom is 0.222 e. The lowest BCUT2D eigenvalue weighted by atomic mass is 10.1. The van der Waals surface area contributed by atoms with Gasteiger partial charge in [0.15, 0.2) is 0 Å². The van der Waals surface area contributed by atoms with Gasteiger partial charge in [0, 0.05) is 25.6 Å². The van der Waals surface area contributed by atoms with E-state index in [1.165, 1.54) is 38.5 Å². The van der Waals surface area contributed by atoms with Crippen molar-refractivity contribution in [3.63, 3.8) is 0 Å².